The van der Waals surface area contributed by atoms with Crippen LogP contribution in [0.1, 0.15) is 0 Å². The molecule has 0 fully saturated rings. The molecule has 0 unspecified atom stereocenters. The molecule has 2 aromatic heterocycles. The van der Waals surface area contributed by atoms with Gasteiger partial charge in [-0.05, 0) is 48.0 Å². The van der Waals surface area contributed by atoms with Crippen molar-refractivity contribution in [1.82, 2.24) is 14.6 Å². The topological polar surface area (TPSA) is 55.9 Å². The summed E-state index contributed by atoms with van der Waals surface area (Å²) in [5, 5.41) is 10.5. The molecule has 0 saturated carbocycles. The molecular weight excluding hydrogens is 398 g/mol. The standard InChI is InChI=1S/C23H19ClN5O/c1-28-22(24)16-7-3-4-8-17(16)23(27-28)26-15-11-12-19-18(13-15)25-14-29(19)20-9-5-6-10-21(20)30-2/h3-14H,1-2H3,(H,26,27)/q+1. The minimum Gasteiger partial charge on any atom is -0.495 e. The summed E-state index contributed by atoms with van der Waals surface area (Å²) in [6.07, 6.45) is 1.81. The Morgan fingerprint density at radius 1 is 1.00 bits per heavy atom. The first-order valence-electron chi connectivity index (χ1n) is 9.48. The van der Waals surface area contributed by atoms with Gasteiger partial charge in [0.05, 0.1) is 29.2 Å². The van der Waals surface area contributed by atoms with E-state index in [4.69, 9.17) is 16.3 Å². The fourth-order valence-corrected chi connectivity index (χ4v) is 3.83. The number of anilines is 2. The Hall–Kier alpha value is -3.64. The lowest BCUT2D eigenvalue weighted by Gasteiger charge is -2.10. The lowest BCUT2D eigenvalue weighted by atomic mass is 10.2. The van der Waals surface area contributed by atoms with E-state index in [9.17, 15) is 0 Å². The van der Waals surface area contributed by atoms with E-state index in [0.717, 1.165) is 44.7 Å². The van der Waals surface area contributed by atoms with Gasteiger partial charge in [-0.25, -0.2) is 4.98 Å². The van der Waals surface area contributed by atoms with Crippen LogP contribution >= 0.6 is 11.6 Å². The van der Waals surface area contributed by atoms with Crippen molar-refractivity contribution in [3.63, 3.8) is 0 Å². The van der Waals surface area contributed by atoms with Gasteiger partial charge in [0.25, 0.3) is 0 Å². The quantitative estimate of drug-likeness (QED) is 0.427. The highest BCUT2D eigenvalue weighted by atomic mass is 35.5. The number of nitrogens with zero attached hydrogens (tertiary/aromatic N) is 4. The molecule has 0 radical (unpaired) electrons. The summed E-state index contributed by atoms with van der Waals surface area (Å²) >= 11 is 6.41. The first-order chi connectivity index (χ1) is 14.7. The number of benzene rings is 3. The van der Waals surface area contributed by atoms with Gasteiger partial charge in [0.2, 0.25) is 5.82 Å². The number of hydrogen-bond acceptors (Lipinski definition) is 4. The van der Waals surface area contributed by atoms with Crippen LogP contribution in [0, 0.1) is 0 Å². The molecule has 30 heavy (non-hydrogen) atoms. The maximum Gasteiger partial charge on any atom is 0.308 e. The van der Waals surface area contributed by atoms with E-state index in [1.165, 1.54) is 0 Å². The van der Waals surface area contributed by atoms with Crippen molar-refractivity contribution in [2.45, 2.75) is 0 Å². The zero-order valence-electron chi connectivity index (χ0n) is 16.5. The summed E-state index contributed by atoms with van der Waals surface area (Å²) < 4.78 is 9.19. The molecule has 0 atom stereocenters. The highest BCUT2D eigenvalue weighted by Gasteiger charge is 2.17. The molecule has 2 heterocycles. The third-order valence-electron chi connectivity index (χ3n) is 5.09. The summed E-state index contributed by atoms with van der Waals surface area (Å²) in [6, 6.07) is 21.9. The number of aromatic nitrogens is 4. The molecule has 3 aromatic carbocycles. The van der Waals surface area contributed by atoms with Crippen LogP contribution in [0.15, 0.2) is 73.1 Å². The summed E-state index contributed by atoms with van der Waals surface area (Å²) in [6.45, 7) is 0. The summed E-state index contributed by atoms with van der Waals surface area (Å²) in [5.41, 5.74) is 3.70. The van der Waals surface area contributed by atoms with Crippen LogP contribution in [0.4, 0.5) is 11.5 Å². The van der Waals surface area contributed by atoms with Gasteiger partial charge < -0.3 is 10.1 Å². The maximum atomic E-state index is 6.41. The number of nitrogens with one attached hydrogen (secondary N) is 1. The number of ether oxygens (including phenoxy) is 1. The van der Waals surface area contributed by atoms with E-state index in [1.807, 2.05) is 84.7 Å². The lowest BCUT2D eigenvalue weighted by Crippen LogP contribution is -2.35. The highest BCUT2D eigenvalue weighted by Crippen LogP contribution is 2.30. The number of para-hydroxylation sites is 2. The van der Waals surface area contributed by atoms with E-state index >= 15 is 0 Å². The van der Waals surface area contributed by atoms with Crippen LogP contribution in [-0.2, 0) is 7.05 Å². The van der Waals surface area contributed by atoms with Crippen molar-refractivity contribution in [2.24, 2.45) is 7.05 Å². The number of rotatable bonds is 4. The predicted molar refractivity (Wildman–Crippen MR) is 119 cm³/mol. The van der Waals surface area contributed by atoms with Crippen LogP contribution in [0.25, 0.3) is 27.5 Å². The molecule has 0 saturated heterocycles. The van der Waals surface area contributed by atoms with E-state index in [0.29, 0.717) is 5.15 Å². The van der Waals surface area contributed by atoms with Crippen molar-refractivity contribution in [3.8, 4) is 11.4 Å². The summed E-state index contributed by atoms with van der Waals surface area (Å²) in [4.78, 5) is 4.59. The number of fused-ring (bicyclic) bond motifs is 2. The Balaban J connectivity index is 1.57. The third kappa shape index (κ3) is 3.02. The molecule has 7 heteroatoms. The Bertz CT molecular complexity index is 1400. The minimum absolute atomic E-state index is 0.599. The average molecular weight is 417 g/mol. The highest BCUT2D eigenvalue weighted by molar-refractivity contribution is 6.33. The Morgan fingerprint density at radius 2 is 1.77 bits per heavy atom. The second-order valence-electron chi connectivity index (χ2n) is 6.92. The Labute approximate surface area is 178 Å². The van der Waals surface area contributed by atoms with Crippen LogP contribution in [0.2, 0.25) is 5.15 Å². The molecule has 1 N–H and O–H groups in total. The molecule has 5 rings (SSSR count). The maximum absolute atomic E-state index is 6.41. The van der Waals surface area contributed by atoms with Gasteiger partial charge in [-0.3, -0.25) is 4.57 Å². The predicted octanol–water partition coefficient (Wildman–Crippen LogP) is 4.80. The first kappa shape index (κ1) is 18.4. The molecule has 0 bridgehead atoms. The molecule has 6 nitrogen and oxygen atoms in total. The molecule has 5 aromatic rings. The summed E-state index contributed by atoms with van der Waals surface area (Å²) in [7, 11) is 3.50. The second kappa shape index (κ2) is 7.31. The van der Waals surface area contributed by atoms with Crippen molar-refractivity contribution in [3.05, 3.63) is 78.2 Å². The normalized spacial score (nSPS) is 11.2. The molecular formula is C23H19ClN5O+. The largest absolute Gasteiger partial charge is 0.495 e. The van der Waals surface area contributed by atoms with Gasteiger partial charge in [0.1, 0.15) is 12.1 Å². The van der Waals surface area contributed by atoms with Gasteiger partial charge in [-0.2, -0.15) is 0 Å². The molecule has 0 amide bonds. The van der Waals surface area contributed by atoms with Gasteiger partial charge >= 0.3 is 5.15 Å². The Morgan fingerprint density at radius 3 is 2.60 bits per heavy atom. The van der Waals surface area contributed by atoms with Crippen LogP contribution < -0.4 is 14.7 Å². The number of imidazole rings is 1. The van der Waals surface area contributed by atoms with Crippen molar-refractivity contribution in [1.29, 1.82) is 0 Å². The zero-order valence-corrected chi connectivity index (χ0v) is 17.3. The molecule has 0 aliphatic rings. The third-order valence-corrected chi connectivity index (χ3v) is 5.54. The molecule has 0 aliphatic carbocycles. The number of hydrogen-bond donors (Lipinski definition) is 1. The SMILES string of the molecule is COc1ccccc1-n1cnc2cc(Nc3n[n+](C)c(Cl)c4ccccc34)ccc21. The summed E-state index contributed by atoms with van der Waals surface area (Å²) in [5.74, 6) is 1.53. The fraction of sp³-hybridized carbons (Fsp3) is 0.0870. The number of aryl methyl sites for hydroxylation is 1. The van der Waals surface area contributed by atoms with Gasteiger partial charge in [0, 0.05) is 16.2 Å². The van der Waals surface area contributed by atoms with E-state index in [-0.39, 0.29) is 0 Å². The van der Waals surface area contributed by atoms with Gasteiger partial charge in [-0.15, -0.1) is 0 Å². The van der Waals surface area contributed by atoms with Gasteiger partial charge in [-0.1, -0.05) is 35.0 Å². The number of halogens is 1. The minimum atomic E-state index is 0.599. The van der Waals surface area contributed by atoms with E-state index in [1.54, 1.807) is 11.8 Å². The van der Waals surface area contributed by atoms with Crippen molar-refractivity contribution in [2.75, 3.05) is 12.4 Å². The Kier molecular flexibility index (Phi) is 4.48. The van der Waals surface area contributed by atoms with Crippen molar-refractivity contribution >= 4 is 44.9 Å². The molecule has 0 spiro atoms. The second-order valence-corrected chi connectivity index (χ2v) is 7.28. The van der Waals surface area contributed by atoms with Gasteiger partial charge in [0.15, 0.2) is 7.05 Å². The van der Waals surface area contributed by atoms with E-state index < -0.39 is 0 Å². The molecule has 0 aliphatic heterocycles. The van der Waals surface area contributed by atoms with Crippen molar-refractivity contribution < 1.29 is 9.42 Å². The lowest BCUT2D eigenvalue weighted by molar-refractivity contribution is -0.726. The fourth-order valence-electron chi connectivity index (χ4n) is 3.63. The molecule has 148 valence electrons. The first-order valence-corrected chi connectivity index (χ1v) is 9.85. The smallest absolute Gasteiger partial charge is 0.308 e. The number of methoxy groups -OCH3 is 1. The van der Waals surface area contributed by atoms with Crippen LogP contribution in [0.5, 0.6) is 5.75 Å². The monoisotopic (exact) mass is 416 g/mol. The van der Waals surface area contributed by atoms with E-state index in [2.05, 4.69) is 15.4 Å². The average Bonchev–Trinajstić information content (AvgIpc) is 3.20. The van der Waals surface area contributed by atoms with Crippen LogP contribution in [-0.4, -0.2) is 21.8 Å². The van der Waals surface area contributed by atoms with Crippen LogP contribution in [0.3, 0.4) is 0 Å². The zero-order chi connectivity index (χ0) is 20.7.